The molecule has 20 heavy (non-hydrogen) atoms. The van der Waals surface area contributed by atoms with Gasteiger partial charge >= 0.3 is 0 Å². The third kappa shape index (κ3) is 4.44. The summed E-state index contributed by atoms with van der Waals surface area (Å²) in [6.45, 7) is 5.45. The highest BCUT2D eigenvalue weighted by Crippen LogP contribution is 2.21. The van der Waals surface area contributed by atoms with Gasteiger partial charge < -0.3 is 15.5 Å². The fraction of sp³-hybridized carbons (Fsp3) is 0.562. The number of nitrogens with zero attached hydrogens (tertiary/aromatic N) is 1. The summed E-state index contributed by atoms with van der Waals surface area (Å²) in [5, 5.41) is 6.01. The van der Waals surface area contributed by atoms with Crippen LogP contribution in [0.25, 0.3) is 0 Å². The lowest BCUT2D eigenvalue weighted by Gasteiger charge is -2.28. The number of anilines is 2. The monoisotopic (exact) mass is 275 g/mol. The molecule has 0 aromatic heterocycles. The van der Waals surface area contributed by atoms with E-state index in [1.54, 1.807) is 0 Å². The highest BCUT2D eigenvalue weighted by Gasteiger charge is 2.10. The molecule has 1 amide bonds. The minimum atomic E-state index is 0.0481. The summed E-state index contributed by atoms with van der Waals surface area (Å²) in [5.74, 6) is 0.0481. The van der Waals surface area contributed by atoms with E-state index in [2.05, 4.69) is 39.8 Å². The Bertz CT molecular complexity index is 410. The van der Waals surface area contributed by atoms with E-state index >= 15 is 0 Å². The summed E-state index contributed by atoms with van der Waals surface area (Å²) in [6.07, 6.45) is 4.90. The summed E-state index contributed by atoms with van der Waals surface area (Å²) in [4.78, 5) is 13.9. The second-order valence-electron chi connectivity index (χ2n) is 5.30. The van der Waals surface area contributed by atoms with Gasteiger partial charge in [-0.1, -0.05) is 6.92 Å². The lowest BCUT2D eigenvalue weighted by Crippen LogP contribution is -2.30. The average molecular weight is 275 g/mol. The standard InChI is InChI=1S/C16H25N3O/c1-2-10-17-16(20)13-18-14-6-8-15(9-7-14)19-11-4-3-5-12-19/h6-9,18H,2-5,10-13H2,1H3,(H,17,20). The van der Waals surface area contributed by atoms with Crippen LogP contribution in [0.5, 0.6) is 0 Å². The topological polar surface area (TPSA) is 44.4 Å². The zero-order valence-electron chi connectivity index (χ0n) is 12.3. The molecule has 1 aliphatic rings. The van der Waals surface area contributed by atoms with E-state index in [1.165, 1.54) is 24.9 Å². The molecule has 110 valence electrons. The van der Waals surface area contributed by atoms with Crippen LogP contribution in [0.2, 0.25) is 0 Å². The van der Waals surface area contributed by atoms with E-state index < -0.39 is 0 Å². The third-order valence-electron chi connectivity index (χ3n) is 3.61. The van der Waals surface area contributed by atoms with Gasteiger partial charge in [0.1, 0.15) is 0 Å². The van der Waals surface area contributed by atoms with E-state index in [1.807, 2.05) is 6.92 Å². The van der Waals surface area contributed by atoms with Crippen molar-refractivity contribution < 1.29 is 4.79 Å². The minimum Gasteiger partial charge on any atom is -0.376 e. The van der Waals surface area contributed by atoms with Crippen LogP contribution in [0.15, 0.2) is 24.3 Å². The van der Waals surface area contributed by atoms with Gasteiger partial charge in [0.25, 0.3) is 0 Å². The molecule has 0 radical (unpaired) electrons. The average Bonchev–Trinajstić information content (AvgIpc) is 2.52. The van der Waals surface area contributed by atoms with Crippen LogP contribution in [-0.2, 0) is 4.79 Å². The molecule has 1 aromatic carbocycles. The van der Waals surface area contributed by atoms with Gasteiger partial charge in [-0.3, -0.25) is 4.79 Å². The minimum absolute atomic E-state index is 0.0481. The normalized spacial score (nSPS) is 14.9. The van der Waals surface area contributed by atoms with E-state index in [0.29, 0.717) is 6.54 Å². The lowest BCUT2D eigenvalue weighted by atomic mass is 10.1. The molecule has 0 saturated carbocycles. The van der Waals surface area contributed by atoms with E-state index in [0.717, 1.165) is 31.7 Å². The second-order valence-corrected chi connectivity index (χ2v) is 5.30. The van der Waals surface area contributed by atoms with Crippen LogP contribution in [0.4, 0.5) is 11.4 Å². The van der Waals surface area contributed by atoms with E-state index in [4.69, 9.17) is 0 Å². The number of amides is 1. The van der Waals surface area contributed by atoms with Gasteiger partial charge in [-0.05, 0) is 49.9 Å². The molecular weight excluding hydrogens is 250 g/mol. The molecule has 4 nitrogen and oxygen atoms in total. The predicted octanol–water partition coefficient (Wildman–Crippen LogP) is 2.62. The van der Waals surface area contributed by atoms with Crippen LogP contribution >= 0.6 is 0 Å². The van der Waals surface area contributed by atoms with E-state index in [9.17, 15) is 4.79 Å². The molecular formula is C16H25N3O. The molecule has 0 unspecified atom stereocenters. The van der Waals surface area contributed by atoms with Gasteiger partial charge in [0.2, 0.25) is 5.91 Å². The molecule has 1 saturated heterocycles. The molecule has 2 rings (SSSR count). The highest BCUT2D eigenvalue weighted by molar-refractivity contribution is 5.80. The van der Waals surface area contributed by atoms with Crippen molar-refractivity contribution in [2.45, 2.75) is 32.6 Å². The molecule has 0 bridgehead atoms. The van der Waals surface area contributed by atoms with Crippen molar-refractivity contribution in [3.05, 3.63) is 24.3 Å². The smallest absolute Gasteiger partial charge is 0.239 e. The van der Waals surface area contributed by atoms with E-state index in [-0.39, 0.29) is 5.91 Å². The number of hydrogen-bond acceptors (Lipinski definition) is 3. The van der Waals surface area contributed by atoms with Crippen LogP contribution in [0.3, 0.4) is 0 Å². The first-order valence-corrected chi connectivity index (χ1v) is 7.65. The number of rotatable bonds is 6. The summed E-state index contributed by atoms with van der Waals surface area (Å²) in [6, 6.07) is 8.38. The molecule has 1 aromatic rings. The van der Waals surface area contributed by atoms with Crippen molar-refractivity contribution in [2.75, 3.05) is 36.4 Å². The molecule has 0 atom stereocenters. The van der Waals surface area contributed by atoms with Gasteiger partial charge in [-0.2, -0.15) is 0 Å². The summed E-state index contributed by atoms with van der Waals surface area (Å²) in [7, 11) is 0. The molecule has 1 fully saturated rings. The Morgan fingerprint density at radius 2 is 1.85 bits per heavy atom. The Morgan fingerprint density at radius 1 is 1.15 bits per heavy atom. The summed E-state index contributed by atoms with van der Waals surface area (Å²) < 4.78 is 0. The quantitative estimate of drug-likeness (QED) is 0.839. The number of carbonyl (C=O) groups excluding carboxylic acids is 1. The zero-order chi connectivity index (χ0) is 14.2. The Morgan fingerprint density at radius 3 is 2.50 bits per heavy atom. The van der Waals surface area contributed by atoms with Gasteiger partial charge in [0.05, 0.1) is 6.54 Å². The number of carbonyl (C=O) groups is 1. The molecule has 1 aliphatic heterocycles. The maximum Gasteiger partial charge on any atom is 0.239 e. The Hall–Kier alpha value is -1.71. The highest BCUT2D eigenvalue weighted by atomic mass is 16.1. The lowest BCUT2D eigenvalue weighted by molar-refractivity contribution is -0.119. The Balaban J connectivity index is 1.80. The SMILES string of the molecule is CCCNC(=O)CNc1ccc(N2CCCCC2)cc1. The van der Waals surface area contributed by atoms with Crippen molar-refractivity contribution >= 4 is 17.3 Å². The molecule has 1 heterocycles. The van der Waals surface area contributed by atoms with Crippen molar-refractivity contribution in [2.24, 2.45) is 0 Å². The van der Waals surface area contributed by atoms with Gasteiger partial charge in [-0.15, -0.1) is 0 Å². The zero-order valence-corrected chi connectivity index (χ0v) is 12.3. The number of benzene rings is 1. The first kappa shape index (κ1) is 14.7. The first-order chi connectivity index (χ1) is 9.79. The van der Waals surface area contributed by atoms with Crippen LogP contribution in [-0.4, -0.2) is 32.1 Å². The maximum absolute atomic E-state index is 11.5. The fourth-order valence-corrected chi connectivity index (χ4v) is 2.45. The number of hydrogen-bond donors (Lipinski definition) is 2. The summed E-state index contributed by atoms with van der Waals surface area (Å²) >= 11 is 0. The third-order valence-corrected chi connectivity index (χ3v) is 3.61. The largest absolute Gasteiger partial charge is 0.376 e. The molecule has 0 spiro atoms. The predicted molar refractivity (Wildman–Crippen MR) is 84.3 cm³/mol. The van der Waals surface area contributed by atoms with Crippen molar-refractivity contribution in [1.82, 2.24) is 5.32 Å². The Labute approximate surface area is 121 Å². The van der Waals surface area contributed by atoms with Crippen LogP contribution in [0, 0.1) is 0 Å². The second kappa shape index (κ2) is 7.78. The summed E-state index contributed by atoms with van der Waals surface area (Å²) in [5.41, 5.74) is 2.28. The molecule has 0 aliphatic carbocycles. The first-order valence-electron chi connectivity index (χ1n) is 7.65. The van der Waals surface area contributed by atoms with Crippen molar-refractivity contribution in [3.8, 4) is 0 Å². The van der Waals surface area contributed by atoms with Crippen LogP contribution < -0.4 is 15.5 Å². The maximum atomic E-state index is 11.5. The van der Waals surface area contributed by atoms with Gasteiger partial charge in [0.15, 0.2) is 0 Å². The van der Waals surface area contributed by atoms with Crippen molar-refractivity contribution in [3.63, 3.8) is 0 Å². The van der Waals surface area contributed by atoms with Gasteiger partial charge in [0, 0.05) is 31.0 Å². The Kier molecular flexibility index (Phi) is 5.71. The van der Waals surface area contributed by atoms with Crippen molar-refractivity contribution in [1.29, 1.82) is 0 Å². The van der Waals surface area contributed by atoms with Crippen LogP contribution in [0.1, 0.15) is 32.6 Å². The molecule has 2 N–H and O–H groups in total. The fourth-order valence-electron chi connectivity index (χ4n) is 2.45. The van der Waals surface area contributed by atoms with Gasteiger partial charge in [-0.25, -0.2) is 0 Å². The molecule has 4 heteroatoms. The number of piperidine rings is 1. The number of nitrogens with one attached hydrogen (secondary N) is 2.